The lowest BCUT2D eigenvalue weighted by Crippen LogP contribution is -2.36. The van der Waals surface area contributed by atoms with Gasteiger partial charge in [-0.1, -0.05) is 47.5 Å². The van der Waals surface area contributed by atoms with E-state index in [1.54, 1.807) is 48.5 Å². The van der Waals surface area contributed by atoms with Gasteiger partial charge in [0.1, 0.15) is 17.0 Å². The Labute approximate surface area is 217 Å². The summed E-state index contributed by atoms with van der Waals surface area (Å²) in [4.78, 5) is 38.9. The molecule has 0 atom stereocenters. The molecule has 0 saturated carbocycles. The van der Waals surface area contributed by atoms with E-state index in [0.717, 1.165) is 11.1 Å². The number of hydrogen-bond donors (Lipinski definition) is 3. The minimum absolute atomic E-state index is 0.0494. The summed E-state index contributed by atoms with van der Waals surface area (Å²) in [5.74, 6) is -2.05. The summed E-state index contributed by atoms with van der Waals surface area (Å²) >= 11 is 12.2. The van der Waals surface area contributed by atoms with E-state index in [1.165, 1.54) is 17.9 Å². The SMILES string of the molecule is COc1cccc2cc(C(=O)Nc3ccc(Cl)cc3Cl)n(NC(=O)C(=O)Nc3cccc(C)c3C)c12. The number of benzene rings is 3. The Morgan fingerprint density at radius 1 is 0.861 bits per heavy atom. The predicted octanol–water partition coefficient (Wildman–Crippen LogP) is 5.53. The summed E-state index contributed by atoms with van der Waals surface area (Å²) in [5.41, 5.74) is 5.62. The summed E-state index contributed by atoms with van der Waals surface area (Å²) in [6.45, 7) is 3.75. The van der Waals surface area contributed by atoms with Gasteiger partial charge >= 0.3 is 11.8 Å². The number of rotatable bonds is 5. The minimum Gasteiger partial charge on any atom is -0.494 e. The van der Waals surface area contributed by atoms with Crippen LogP contribution in [0.2, 0.25) is 10.0 Å². The first-order valence-corrected chi connectivity index (χ1v) is 11.6. The molecule has 36 heavy (non-hydrogen) atoms. The van der Waals surface area contributed by atoms with E-state index < -0.39 is 17.7 Å². The molecule has 8 nitrogen and oxygen atoms in total. The highest BCUT2D eigenvalue weighted by molar-refractivity contribution is 6.42. The summed E-state index contributed by atoms with van der Waals surface area (Å²) in [6.07, 6.45) is 0. The lowest BCUT2D eigenvalue weighted by atomic mass is 10.1. The van der Waals surface area contributed by atoms with Crippen LogP contribution in [0.3, 0.4) is 0 Å². The van der Waals surface area contributed by atoms with Crippen LogP contribution >= 0.6 is 23.2 Å². The van der Waals surface area contributed by atoms with Gasteiger partial charge in [-0.05, 0) is 61.4 Å². The van der Waals surface area contributed by atoms with Crippen LogP contribution in [0.5, 0.6) is 5.75 Å². The molecule has 0 aliphatic rings. The predicted molar refractivity (Wildman–Crippen MR) is 142 cm³/mol. The second-order valence-electron chi connectivity index (χ2n) is 7.98. The molecule has 0 aliphatic heterocycles. The zero-order valence-electron chi connectivity index (χ0n) is 19.6. The topological polar surface area (TPSA) is 101 Å². The first kappa shape index (κ1) is 25.1. The van der Waals surface area contributed by atoms with Crippen LogP contribution in [0.25, 0.3) is 10.9 Å². The van der Waals surface area contributed by atoms with Crippen molar-refractivity contribution in [1.82, 2.24) is 4.68 Å². The van der Waals surface area contributed by atoms with Crippen LogP contribution < -0.4 is 20.8 Å². The molecule has 0 radical (unpaired) electrons. The van der Waals surface area contributed by atoms with Crippen molar-refractivity contribution in [2.75, 3.05) is 23.2 Å². The van der Waals surface area contributed by atoms with Gasteiger partial charge in [-0.2, -0.15) is 0 Å². The quantitative estimate of drug-likeness (QED) is 0.298. The molecule has 0 unspecified atom stereocenters. The summed E-state index contributed by atoms with van der Waals surface area (Å²) in [6, 6.07) is 16.8. The molecule has 3 N–H and O–H groups in total. The number of aryl methyl sites for hydroxylation is 1. The van der Waals surface area contributed by atoms with Gasteiger partial charge in [0.2, 0.25) is 0 Å². The fraction of sp³-hybridized carbons (Fsp3) is 0.115. The fourth-order valence-corrected chi connectivity index (χ4v) is 4.13. The van der Waals surface area contributed by atoms with Crippen LogP contribution in [-0.2, 0) is 9.59 Å². The second-order valence-corrected chi connectivity index (χ2v) is 8.83. The maximum Gasteiger partial charge on any atom is 0.328 e. The van der Waals surface area contributed by atoms with Crippen LogP contribution in [0, 0.1) is 13.8 Å². The number of halogens is 2. The molecular formula is C26H22Cl2N4O4. The van der Waals surface area contributed by atoms with E-state index in [2.05, 4.69) is 16.1 Å². The Kier molecular flexibility index (Phi) is 7.19. The minimum atomic E-state index is -0.974. The Morgan fingerprint density at radius 2 is 1.61 bits per heavy atom. The molecule has 3 aromatic carbocycles. The van der Waals surface area contributed by atoms with Crippen molar-refractivity contribution in [1.29, 1.82) is 0 Å². The molecule has 0 fully saturated rings. The van der Waals surface area contributed by atoms with Gasteiger partial charge in [-0.15, -0.1) is 0 Å². The number of ether oxygens (including phenoxy) is 1. The number of nitrogens with zero attached hydrogens (tertiary/aromatic N) is 1. The highest BCUT2D eigenvalue weighted by Gasteiger charge is 2.23. The van der Waals surface area contributed by atoms with Crippen molar-refractivity contribution in [2.24, 2.45) is 0 Å². The maximum atomic E-state index is 13.2. The molecule has 1 aromatic heterocycles. The van der Waals surface area contributed by atoms with Gasteiger partial charge in [-0.25, -0.2) is 4.68 Å². The number of nitrogens with one attached hydrogen (secondary N) is 3. The summed E-state index contributed by atoms with van der Waals surface area (Å²) in [5, 5.41) is 6.59. The molecular weight excluding hydrogens is 503 g/mol. The molecule has 4 aromatic rings. The number of carbonyl (C=O) groups is 3. The Morgan fingerprint density at radius 3 is 2.33 bits per heavy atom. The van der Waals surface area contributed by atoms with Crippen LogP contribution in [-0.4, -0.2) is 29.5 Å². The molecule has 184 valence electrons. The molecule has 0 spiro atoms. The number of aromatic nitrogens is 1. The van der Waals surface area contributed by atoms with E-state index in [4.69, 9.17) is 27.9 Å². The maximum absolute atomic E-state index is 13.2. The molecule has 1 heterocycles. The first-order chi connectivity index (χ1) is 17.2. The fourth-order valence-electron chi connectivity index (χ4n) is 3.67. The van der Waals surface area contributed by atoms with Crippen molar-refractivity contribution in [3.63, 3.8) is 0 Å². The Hall–Kier alpha value is -4.01. The Balaban J connectivity index is 1.69. The number of carbonyl (C=O) groups excluding carboxylic acids is 3. The number of para-hydroxylation sites is 1. The van der Waals surface area contributed by atoms with Gasteiger partial charge < -0.3 is 15.4 Å². The van der Waals surface area contributed by atoms with Crippen LogP contribution in [0.15, 0.2) is 60.7 Å². The van der Waals surface area contributed by atoms with E-state index >= 15 is 0 Å². The van der Waals surface area contributed by atoms with Gasteiger partial charge in [0, 0.05) is 16.1 Å². The second kappa shape index (κ2) is 10.3. The van der Waals surface area contributed by atoms with Crippen molar-refractivity contribution < 1.29 is 19.1 Å². The highest BCUT2D eigenvalue weighted by Crippen LogP contribution is 2.30. The van der Waals surface area contributed by atoms with Crippen molar-refractivity contribution in [3.05, 3.63) is 87.5 Å². The highest BCUT2D eigenvalue weighted by atomic mass is 35.5. The standard InChI is InChI=1S/C26H22Cl2N4O4/c1-14-6-4-8-19(15(14)2)29-25(34)26(35)31-32-21(12-16-7-5-9-22(36-3)23(16)32)24(33)30-20-11-10-17(27)13-18(20)28/h4-13H,1-3H3,(H,29,34)(H,30,33)(H,31,35). The smallest absolute Gasteiger partial charge is 0.328 e. The zero-order valence-corrected chi connectivity index (χ0v) is 21.1. The van der Waals surface area contributed by atoms with E-state index in [1.807, 2.05) is 19.9 Å². The largest absolute Gasteiger partial charge is 0.494 e. The van der Waals surface area contributed by atoms with E-state index in [-0.39, 0.29) is 10.7 Å². The number of methoxy groups -OCH3 is 1. The number of amides is 3. The van der Waals surface area contributed by atoms with Crippen LogP contribution in [0.1, 0.15) is 21.6 Å². The summed E-state index contributed by atoms with van der Waals surface area (Å²) in [7, 11) is 1.47. The van der Waals surface area contributed by atoms with Gasteiger partial charge in [0.25, 0.3) is 5.91 Å². The summed E-state index contributed by atoms with van der Waals surface area (Å²) < 4.78 is 6.66. The molecule has 3 amide bonds. The average molecular weight is 525 g/mol. The van der Waals surface area contributed by atoms with Crippen molar-refractivity contribution >= 4 is 63.2 Å². The normalized spacial score (nSPS) is 10.7. The third kappa shape index (κ3) is 5.00. The number of hydrogen-bond acceptors (Lipinski definition) is 4. The molecule has 0 saturated heterocycles. The first-order valence-electron chi connectivity index (χ1n) is 10.8. The average Bonchev–Trinajstić information content (AvgIpc) is 3.22. The van der Waals surface area contributed by atoms with Crippen molar-refractivity contribution in [2.45, 2.75) is 13.8 Å². The Bertz CT molecular complexity index is 1510. The van der Waals surface area contributed by atoms with E-state index in [0.29, 0.717) is 33.0 Å². The van der Waals surface area contributed by atoms with Crippen molar-refractivity contribution in [3.8, 4) is 5.75 Å². The molecule has 0 bridgehead atoms. The van der Waals surface area contributed by atoms with Gasteiger partial charge in [0.15, 0.2) is 0 Å². The molecule has 10 heteroatoms. The lowest BCUT2D eigenvalue weighted by molar-refractivity contribution is -0.133. The molecule has 0 aliphatic carbocycles. The third-order valence-corrected chi connectivity index (χ3v) is 6.24. The zero-order chi connectivity index (χ0) is 26.0. The monoisotopic (exact) mass is 524 g/mol. The van der Waals surface area contributed by atoms with Crippen LogP contribution in [0.4, 0.5) is 11.4 Å². The lowest BCUT2D eigenvalue weighted by Gasteiger charge is -2.15. The third-order valence-electron chi connectivity index (χ3n) is 5.69. The van der Waals surface area contributed by atoms with Gasteiger partial charge in [-0.3, -0.25) is 19.8 Å². The molecule has 4 rings (SSSR count). The van der Waals surface area contributed by atoms with Gasteiger partial charge in [0.05, 0.1) is 17.8 Å². The number of fused-ring (bicyclic) bond motifs is 1. The number of anilines is 2. The van der Waals surface area contributed by atoms with E-state index in [9.17, 15) is 14.4 Å².